The monoisotopic (exact) mass is 485 g/mol. The first-order valence-electron chi connectivity index (χ1n) is 10.5. The molecule has 0 aromatic heterocycles. The molecule has 0 radical (unpaired) electrons. The third-order valence-electron chi connectivity index (χ3n) is 5.82. The highest BCUT2D eigenvalue weighted by Gasteiger charge is 2.43. The van der Waals surface area contributed by atoms with Crippen LogP contribution in [0.25, 0.3) is 0 Å². The Morgan fingerprint density at radius 2 is 1.96 bits per heavy atom. The summed E-state index contributed by atoms with van der Waals surface area (Å²) in [7, 11) is 0. The lowest BCUT2D eigenvalue weighted by Crippen LogP contribution is -2.42. The summed E-state index contributed by atoms with van der Waals surface area (Å²) in [5.74, 6) is 1.13. The van der Waals surface area contributed by atoms with Gasteiger partial charge in [0.05, 0.1) is 6.61 Å². The van der Waals surface area contributed by atoms with Gasteiger partial charge in [-0.05, 0) is 56.4 Å². The zero-order valence-corrected chi connectivity index (χ0v) is 19.1. The van der Waals surface area contributed by atoms with Crippen LogP contribution in [0.3, 0.4) is 0 Å². The molecule has 3 rings (SSSR count). The fraction of sp³-hybridized carbons (Fsp3) is 0.682. The molecule has 1 saturated carbocycles. The average molecular weight is 485 g/mol. The summed E-state index contributed by atoms with van der Waals surface area (Å²) < 4.78 is 5.77. The molecular formula is C22H36IN3O. The molecule has 1 saturated heterocycles. The first kappa shape index (κ1) is 22.5. The highest BCUT2D eigenvalue weighted by atomic mass is 127. The molecule has 0 unspecified atom stereocenters. The number of nitrogens with one attached hydrogen (secondary N) is 1. The minimum absolute atomic E-state index is 0. The van der Waals surface area contributed by atoms with Gasteiger partial charge in [-0.15, -0.1) is 24.0 Å². The molecule has 1 aliphatic heterocycles. The summed E-state index contributed by atoms with van der Waals surface area (Å²) in [6.07, 6.45) is 8.80. The summed E-state index contributed by atoms with van der Waals surface area (Å²) in [5.41, 5.74) is 1.98. The number of hydrogen-bond donors (Lipinski definition) is 1. The quantitative estimate of drug-likeness (QED) is 0.243. The van der Waals surface area contributed by atoms with Crippen molar-refractivity contribution in [1.82, 2.24) is 10.2 Å². The van der Waals surface area contributed by atoms with Crippen molar-refractivity contribution in [2.75, 3.05) is 39.4 Å². The van der Waals surface area contributed by atoms with E-state index in [0.717, 1.165) is 51.5 Å². The second-order valence-electron chi connectivity index (χ2n) is 7.82. The number of ether oxygens (including phenoxy) is 1. The summed E-state index contributed by atoms with van der Waals surface area (Å²) in [6.45, 7) is 8.04. The number of halogens is 1. The van der Waals surface area contributed by atoms with Gasteiger partial charge in [0.1, 0.15) is 0 Å². The third kappa shape index (κ3) is 6.93. The molecule has 0 amide bonds. The fourth-order valence-electron chi connectivity index (χ4n) is 4.06. The Labute approximate surface area is 182 Å². The molecule has 2 aliphatic rings. The van der Waals surface area contributed by atoms with Crippen LogP contribution in [-0.2, 0) is 11.2 Å². The number of rotatable bonds is 9. The Morgan fingerprint density at radius 1 is 1.15 bits per heavy atom. The molecule has 152 valence electrons. The highest BCUT2D eigenvalue weighted by Crippen LogP contribution is 2.47. The molecule has 1 aliphatic carbocycles. The summed E-state index contributed by atoms with van der Waals surface area (Å²) in [4.78, 5) is 7.35. The number of benzene rings is 1. The van der Waals surface area contributed by atoms with Gasteiger partial charge >= 0.3 is 0 Å². The van der Waals surface area contributed by atoms with Gasteiger partial charge in [0, 0.05) is 32.8 Å². The van der Waals surface area contributed by atoms with Crippen LogP contribution in [0.15, 0.2) is 35.3 Å². The summed E-state index contributed by atoms with van der Waals surface area (Å²) in [5, 5.41) is 3.48. The zero-order valence-electron chi connectivity index (χ0n) is 16.8. The number of guanidine groups is 1. The molecule has 5 heteroatoms. The van der Waals surface area contributed by atoms with Crippen LogP contribution in [0.5, 0.6) is 0 Å². The van der Waals surface area contributed by atoms with E-state index in [0.29, 0.717) is 5.41 Å². The van der Waals surface area contributed by atoms with Crippen LogP contribution in [0.2, 0.25) is 0 Å². The molecule has 1 aromatic rings. The van der Waals surface area contributed by atoms with E-state index in [4.69, 9.17) is 9.73 Å². The van der Waals surface area contributed by atoms with Crippen LogP contribution in [0.4, 0.5) is 0 Å². The summed E-state index contributed by atoms with van der Waals surface area (Å²) >= 11 is 0. The normalized spacial score (nSPS) is 18.3. The van der Waals surface area contributed by atoms with E-state index in [1.54, 1.807) is 0 Å². The molecule has 1 heterocycles. The Kier molecular flexibility index (Phi) is 9.90. The van der Waals surface area contributed by atoms with Crippen molar-refractivity contribution in [2.24, 2.45) is 10.4 Å². The van der Waals surface area contributed by atoms with Crippen LogP contribution in [0, 0.1) is 5.41 Å². The lowest BCUT2D eigenvalue weighted by Gasteiger charge is -2.38. The van der Waals surface area contributed by atoms with Crippen LogP contribution < -0.4 is 5.32 Å². The van der Waals surface area contributed by atoms with E-state index in [2.05, 4.69) is 47.5 Å². The third-order valence-corrected chi connectivity index (χ3v) is 5.82. The molecule has 27 heavy (non-hydrogen) atoms. The van der Waals surface area contributed by atoms with Gasteiger partial charge in [0.15, 0.2) is 5.96 Å². The van der Waals surface area contributed by atoms with Crippen molar-refractivity contribution in [3.05, 3.63) is 35.9 Å². The largest absolute Gasteiger partial charge is 0.381 e. The van der Waals surface area contributed by atoms with Gasteiger partial charge in [-0.25, -0.2) is 0 Å². The van der Waals surface area contributed by atoms with Gasteiger partial charge in [-0.2, -0.15) is 0 Å². The van der Waals surface area contributed by atoms with Gasteiger partial charge in [0.25, 0.3) is 0 Å². The van der Waals surface area contributed by atoms with Crippen LogP contribution >= 0.6 is 24.0 Å². The number of unbranched alkanes of at least 4 members (excludes halogenated alkanes) is 1. The fourth-order valence-corrected chi connectivity index (χ4v) is 4.06. The minimum atomic E-state index is 0. The molecular weight excluding hydrogens is 449 g/mol. The maximum Gasteiger partial charge on any atom is 0.193 e. The Morgan fingerprint density at radius 3 is 2.63 bits per heavy atom. The van der Waals surface area contributed by atoms with Crippen molar-refractivity contribution in [1.29, 1.82) is 0 Å². The van der Waals surface area contributed by atoms with Gasteiger partial charge < -0.3 is 15.0 Å². The van der Waals surface area contributed by atoms with E-state index >= 15 is 0 Å². The molecule has 0 atom stereocenters. The molecule has 0 bridgehead atoms. The first-order chi connectivity index (χ1) is 12.8. The highest BCUT2D eigenvalue weighted by molar-refractivity contribution is 14.0. The maximum atomic E-state index is 5.77. The molecule has 1 N–H and O–H groups in total. The predicted molar refractivity (Wildman–Crippen MR) is 124 cm³/mol. The van der Waals surface area contributed by atoms with Gasteiger partial charge in [-0.1, -0.05) is 36.8 Å². The van der Waals surface area contributed by atoms with Crippen LogP contribution in [0.1, 0.15) is 51.0 Å². The van der Waals surface area contributed by atoms with E-state index in [9.17, 15) is 0 Å². The van der Waals surface area contributed by atoms with Crippen LogP contribution in [-0.4, -0.2) is 50.3 Å². The lowest BCUT2D eigenvalue weighted by molar-refractivity contribution is 0.134. The van der Waals surface area contributed by atoms with E-state index in [-0.39, 0.29) is 24.0 Å². The maximum absolute atomic E-state index is 5.77. The average Bonchev–Trinajstić information content (AvgIpc) is 3.10. The summed E-state index contributed by atoms with van der Waals surface area (Å²) in [6, 6.07) is 10.5. The smallest absolute Gasteiger partial charge is 0.193 e. The number of hydrogen-bond acceptors (Lipinski definition) is 2. The lowest BCUT2D eigenvalue weighted by atomic mass is 9.68. The molecule has 4 nitrogen and oxygen atoms in total. The molecule has 1 aromatic carbocycles. The van der Waals surface area contributed by atoms with Crippen molar-refractivity contribution < 1.29 is 4.74 Å². The van der Waals surface area contributed by atoms with E-state index < -0.39 is 0 Å². The Hall–Kier alpha value is -0.820. The van der Waals surface area contributed by atoms with Crippen molar-refractivity contribution in [3.8, 4) is 0 Å². The Bertz CT molecular complexity index is 560. The second kappa shape index (κ2) is 11.9. The Balaban J connectivity index is 0.00000261. The number of nitrogens with zero attached hydrogens (tertiary/aromatic N) is 2. The van der Waals surface area contributed by atoms with Gasteiger partial charge in [0.2, 0.25) is 0 Å². The van der Waals surface area contributed by atoms with Crippen molar-refractivity contribution >= 4 is 29.9 Å². The minimum Gasteiger partial charge on any atom is -0.381 e. The second-order valence-corrected chi connectivity index (χ2v) is 7.82. The van der Waals surface area contributed by atoms with E-state index in [1.807, 2.05) is 0 Å². The van der Waals surface area contributed by atoms with Gasteiger partial charge in [-0.3, -0.25) is 4.99 Å². The number of likely N-dealkylation sites (tertiary alicyclic amines) is 1. The van der Waals surface area contributed by atoms with Crippen molar-refractivity contribution in [2.45, 2.75) is 51.9 Å². The SMILES string of the molecule is CCNC(=NCCCCOCCc1ccccc1)N1CCC2(CCC2)C1.I. The first-order valence-corrected chi connectivity index (χ1v) is 10.5. The number of aliphatic imine (C=N–C) groups is 1. The van der Waals surface area contributed by atoms with E-state index in [1.165, 1.54) is 44.3 Å². The predicted octanol–water partition coefficient (Wildman–Crippen LogP) is 4.49. The van der Waals surface area contributed by atoms with Crippen molar-refractivity contribution in [3.63, 3.8) is 0 Å². The molecule has 1 spiro atoms. The standard InChI is InChI=1S/C22H35N3O.HI/c1-2-23-21(25-16-14-22(19-25)12-8-13-22)24-15-6-7-17-26-18-11-20-9-4-3-5-10-20;/h3-5,9-10H,2,6-8,11-19H2,1H3,(H,23,24);1H. The molecule has 2 fully saturated rings. The zero-order chi connectivity index (χ0) is 18.1. The topological polar surface area (TPSA) is 36.9 Å².